The Hall–Kier alpha value is -1.59. The minimum Gasteiger partial charge on any atom is -0.493 e. The van der Waals surface area contributed by atoms with E-state index in [-0.39, 0.29) is 0 Å². The van der Waals surface area contributed by atoms with Crippen molar-refractivity contribution >= 4 is 11.3 Å². The van der Waals surface area contributed by atoms with Gasteiger partial charge in [-0.2, -0.15) is 0 Å². The lowest BCUT2D eigenvalue weighted by Crippen LogP contribution is -2.06. The second-order valence-corrected chi connectivity index (χ2v) is 4.68. The third-order valence-electron chi connectivity index (χ3n) is 2.52. The number of para-hydroxylation sites is 1. The molecule has 0 aliphatic heterocycles. The van der Waals surface area contributed by atoms with Gasteiger partial charge < -0.3 is 15.2 Å². The number of ether oxygens (including phenoxy) is 2. The van der Waals surface area contributed by atoms with Crippen molar-refractivity contribution in [3.05, 3.63) is 40.3 Å². The Bertz CT molecular complexity index is 486. The predicted molar refractivity (Wildman–Crippen MR) is 72.2 cm³/mol. The lowest BCUT2D eigenvalue weighted by atomic mass is 10.1. The Morgan fingerprint density at radius 2 is 2.28 bits per heavy atom. The lowest BCUT2D eigenvalue weighted by Gasteiger charge is -2.13. The maximum atomic E-state index is 5.82. The van der Waals surface area contributed by atoms with Crippen LogP contribution < -0.4 is 15.2 Å². The first kappa shape index (κ1) is 12.9. The number of methoxy groups -OCH3 is 1. The smallest absolute Gasteiger partial charge is 0.165 e. The van der Waals surface area contributed by atoms with Crippen LogP contribution in [0.4, 0.5) is 0 Å². The first-order valence-corrected chi connectivity index (χ1v) is 6.60. The summed E-state index contributed by atoms with van der Waals surface area (Å²) >= 11 is 1.57. The van der Waals surface area contributed by atoms with E-state index in [4.69, 9.17) is 15.2 Å². The van der Waals surface area contributed by atoms with Gasteiger partial charge in [-0.15, -0.1) is 11.3 Å². The zero-order valence-corrected chi connectivity index (χ0v) is 11.1. The second-order valence-electron chi connectivity index (χ2n) is 3.70. The fraction of sp³-hybridized carbons (Fsp3) is 0.308. The zero-order valence-electron chi connectivity index (χ0n) is 10.3. The van der Waals surface area contributed by atoms with Crippen molar-refractivity contribution in [2.45, 2.75) is 13.0 Å². The van der Waals surface area contributed by atoms with Gasteiger partial charge in [-0.25, -0.2) is 4.98 Å². The van der Waals surface area contributed by atoms with Crippen molar-refractivity contribution < 1.29 is 9.47 Å². The Balaban J connectivity index is 2.18. The molecule has 0 unspecified atom stereocenters. The summed E-state index contributed by atoms with van der Waals surface area (Å²) in [5.74, 6) is 1.50. The molecule has 0 amide bonds. The highest BCUT2D eigenvalue weighted by Crippen LogP contribution is 2.32. The van der Waals surface area contributed by atoms with E-state index in [0.29, 0.717) is 13.2 Å². The molecule has 0 spiro atoms. The average Bonchev–Trinajstić information content (AvgIpc) is 2.90. The fourth-order valence-corrected chi connectivity index (χ4v) is 2.22. The second kappa shape index (κ2) is 6.37. The molecule has 5 heteroatoms. The highest BCUT2D eigenvalue weighted by Gasteiger charge is 2.10. The predicted octanol–water partition coefficient (Wildman–Crippen LogP) is 2.23. The number of thiazole rings is 1. The van der Waals surface area contributed by atoms with Crippen LogP contribution in [0.15, 0.2) is 29.8 Å². The molecule has 2 aromatic rings. The minimum atomic E-state index is 0.454. The normalized spacial score (nSPS) is 10.3. The van der Waals surface area contributed by atoms with E-state index in [1.807, 2.05) is 23.6 Å². The Labute approximate surface area is 110 Å². The molecule has 0 aliphatic rings. The molecule has 2 N–H and O–H groups in total. The molecular formula is C13H16N2O2S. The highest BCUT2D eigenvalue weighted by molar-refractivity contribution is 7.09. The van der Waals surface area contributed by atoms with Gasteiger partial charge in [0.15, 0.2) is 11.5 Å². The Kier molecular flexibility index (Phi) is 4.55. The molecule has 0 atom stereocenters. The topological polar surface area (TPSA) is 57.4 Å². The van der Waals surface area contributed by atoms with Crippen molar-refractivity contribution in [1.29, 1.82) is 0 Å². The number of hydrogen-bond acceptors (Lipinski definition) is 5. The monoisotopic (exact) mass is 264 g/mol. The van der Waals surface area contributed by atoms with Crippen molar-refractivity contribution in [2.24, 2.45) is 5.73 Å². The molecule has 1 aromatic carbocycles. The Morgan fingerprint density at radius 1 is 1.39 bits per heavy atom. The summed E-state index contributed by atoms with van der Waals surface area (Å²) in [4.78, 5) is 4.19. The molecule has 96 valence electrons. The quantitative estimate of drug-likeness (QED) is 0.869. The summed E-state index contributed by atoms with van der Waals surface area (Å²) in [5.41, 5.74) is 6.67. The minimum absolute atomic E-state index is 0.454. The van der Waals surface area contributed by atoms with Gasteiger partial charge in [-0.05, 0) is 24.6 Å². The van der Waals surface area contributed by atoms with E-state index in [0.717, 1.165) is 28.5 Å². The largest absolute Gasteiger partial charge is 0.493 e. The van der Waals surface area contributed by atoms with Gasteiger partial charge in [-0.3, -0.25) is 0 Å². The summed E-state index contributed by atoms with van der Waals surface area (Å²) < 4.78 is 11.1. The molecule has 1 heterocycles. The van der Waals surface area contributed by atoms with Gasteiger partial charge in [0.25, 0.3) is 0 Å². The van der Waals surface area contributed by atoms with Crippen LogP contribution in [0.3, 0.4) is 0 Å². The molecule has 4 nitrogen and oxygen atoms in total. The van der Waals surface area contributed by atoms with Crippen molar-refractivity contribution in [3.63, 3.8) is 0 Å². The molecule has 0 bridgehead atoms. The van der Waals surface area contributed by atoms with E-state index in [1.54, 1.807) is 24.6 Å². The van der Waals surface area contributed by atoms with Gasteiger partial charge >= 0.3 is 0 Å². The number of nitrogens with zero attached hydrogens (tertiary/aromatic N) is 1. The van der Waals surface area contributed by atoms with E-state index >= 15 is 0 Å². The third-order valence-corrected chi connectivity index (χ3v) is 3.27. The fourth-order valence-electron chi connectivity index (χ4n) is 1.70. The molecule has 0 radical (unpaired) electrons. The standard InChI is InChI=1S/C13H16N2O2S/c1-16-11-4-2-3-10(5-6-14)13(11)17-9-12-15-7-8-18-12/h2-4,7-8H,5-6,9,14H2,1H3. The zero-order chi connectivity index (χ0) is 12.8. The third kappa shape index (κ3) is 3.00. The maximum Gasteiger partial charge on any atom is 0.165 e. The lowest BCUT2D eigenvalue weighted by molar-refractivity contribution is 0.281. The van der Waals surface area contributed by atoms with Gasteiger partial charge in [0.05, 0.1) is 7.11 Å². The SMILES string of the molecule is COc1cccc(CCN)c1OCc1nccs1. The molecule has 0 fully saturated rings. The van der Waals surface area contributed by atoms with Crippen LogP contribution in [0.5, 0.6) is 11.5 Å². The van der Waals surface area contributed by atoms with Crippen molar-refractivity contribution in [1.82, 2.24) is 4.98 Å². The number of hydrogen-bond donors (Lipinski definition) is 1. The number of benzene rings is 1. The van der Waals surface area contributed by atoms with Crippen LogP contribution in [0, 0.1) is 0 Å². The van der Waals surface area contributed by atoms with Gasteiger partial charge in [-0.1, -0.05) is 12.1 Å². The maximum absolute atomic E-state index is 5.82. The average molecular weight is 264 g/mol. The van der Waals surface area contributed by atoms with Gasteiger partial charge in [0.2, 0.25) is 0 Å². The first-order valence-electron chi connectivity index (χ1n) is 5.72. The summed E-state index contributed by atoms with van der Waals surface area (Å²) in [6.45, 7) is 1.04. The molecule has 0 aliphatic carbocycles. The molecular weight excluding hydrogens is 248 g/mol. The molecule has 18 heavy (non-hydrogen) atoms. The number of rotatable bonds is 6. The molecule has 0 saturated carbocycles. The van der Waals surface area contributed by atoms with Crippen molar-refractivity contribution in [3.8, 4) is 11.5 Å². The van der Waals surface area contributed by atoms with Crippen LogP contribution >= 0.6 is 11.3 Å². The molecule has 2 rings (SSSR count). The number of nitrogens with two attached hydrogens (primary N) is 1. The van der Waals surface area contributed by atoms with E-state index in [1.165, 1.54) is 0 Å². The number of aromatic nitrogens is 1. The van der Waals surface area contributed by atoms with Crippen LogP contribution in [-0.2, 0) is 13.0 Å². The summed E-state index contributed by atoms with van der Waals surface area (Å²) in [5, 5.41) is 2.88. The molecule has 1 aromatic heterocycles. The van der Waals surface area contributed by atoms with Crippen molar-refractivity contribution in [2.75, 3.05) is 13.7 Å². The summed E-state index contributed by atoms with van der Waals surface area (Å²) in [6, 6.07) is 5.84. The van der Waals surface area contributed by atoms with Crippen LogP contribution in [0.1, 0.15) is 10.6 Å². The van der Waals surface area contributed by atoms with E-state index in [9.17, 15) is 0 Å². The summed E-state index contributed by atoms with van der Waals surface area (Å²) in [7, 11) is 1.64. The Morgan fingerprint density at radius 3 is 2.94 bits per heavy atom. The molecule has 0 saturated heterocycles. The van der Waals surface area contributed by atoms with Gasteiger partial charge in [0, 0.05) is 11.6 Å². The highest BCUT2D eigenvalue weighted by atomic mass is 32.1. The van der Waals surface area contributed by atoms with Crippen LogP contribution in [-0.4, -0.2) is 18.6 Å². The van der Waals surface area contributed by atoms with E-state index < -0.39 is 0 Å². The van der Waals surface area contributed by atoms with Crippen LogP contribution in [0.2, 0.25) is 0 Å². The van der Waals surface area contributed by atoms with Gasteiger partial charge in [0.1, 0.15) is 11.6 Å². The summed E-state index contributed by atoms with van der Waals surface area (Å²) in [6.07, 6.45) is 2.54. The van der Waals surface area contributed by atoms with E-state index in [2.05, 4.69) is 4.98 Å². The first-order chi connectivity index (χ1) is 8.85. The van der Waals surface area contributed by atoms with Crippen LogP contribution in [0.25, 0.3) is 0 Å².